The summed E-state index contributed by atoms with van der Waals surface area (Å²) in [6, 6.07) is 4.02. The molecular formula is C17H25N3O4S. The molecule has 1 atom stereocenters. The highest BCUT2D eigenvalue weighted by Crippen LogP contribution is 2.18. The molecule has 138 valence electrons. The SMILES string of the molecule is CC(C)CCC(=O)NC1CCCN(S(=O)(=O)c2ccccn2)CC1=O. The van der Waals surface area contributed by atoms with Gasteiger partial charge in [0.05, 0.1) is 12.6 Å². The van der Waals surface area contributed by atoms with Crippen LogP contribution in [0.4, 0.5) is 0 Å². The number of ketones is 1. The predicted octanol–water partition coefficient (Wildman–Crippen LogP) is 1.36. The maximum atomic E-state index is 12.6. The van der Waals surface area contributed by atoms with E-state index in [2.05, 4.69) is 10.3 Å². The minimum atomic E-state index is -3.80. The fraction of sp³-hybridized carbons (Fsp3) is 0.588. The van der Waals surface area contributed by atoms with Gasteiger partial charge >= 0.3 is 0 Å². The van der Waals surface area contributed by atoms with Crippen molar-refractivity contribution >= 4 is 21.7 Å². The second-order valence-electron chi connectivity index (χ2n) is 6.67. The lowest BCUT2D eigenvalue weighted by Crippen LogP contribution is -2.44. The van der Waals surface area contributed by atoms with E-state index in [4.69, 9.17) is 0 Å². The number of hydrogen-bond donors (Lipinski definition) is 1. The van der Waals surface area contributed by atoms with Gasteiger partial charge in [0.2, 0.25) is 5.91 Å². The molecule has 7 nitrogen and oxygen atoms in total. The summed E-state index contributed by atoms with van der Waals surface area (Å²) in [6.45, 7) is 4.06. The minimum absolute atomic E-state index is 0.0674. The van der Waals surface area contributed by atoms with Crippen molar-refractivity contribution in [3.63, 3.8) is 0 Å². The zero-order chi connectivity index (χ0) is 18.4. The van der Waals surface area contributed by atoms with E-state index in [1.165, 1.54) is 12.3 Å². The number of carbonyl (C=O) groups excluding carboxylic acids is 2. The van der Waals surface area contributed by atoms with Crippen LogP contribution in [0, 0.1) is 5.92 Å². The molecule has 0 radical (unpaired) electrons. The Hall–Kier alpha value is -1.80. The number of carbonyl (C=O) groups is 2. The summed E-state index contributed by atoms with van der Waals surface area (Å²) in [5.41, 5.74) is 0. The number of nitrogens with one attached hydrogen (secondary N) is 1. The standard InChI is InChI=1S/C17H25N3O4S/c1-13(2)8-9-16(22)19-14-6-5-11-20(12-15(14)21)25(23,24)17-7-3-4-10-18-17/h3-4,7,10,13-14H,5-6,8-9,11-12H2,1-2H3,(H,19,22). The zero-order valence-electron chi connectivity index (χ0n) is 14.6. The Kier molecular flexibility index (Phi) is 6.66. The first kappa shape index (κ1) is 19.5. The molecule has 1 saturated heterocycles. The van der Waals surface area contributed by atoms with E-state index in [0.29, 0.717) is 25.2 Å². The lowest BCUT2D eigenvalue weighted by atomic mass is 10.1. The van der Waals surface area contributed by atoms with Gasteiger partial charge in [0.15, 0.2) is 10.8 Å². The largest absolute Gasteiger partial charge is 0.346 e. The molecule has 1 aliphatic rings. The van der Waals surface area contributed by atoms with Crippen LogP contribution in [0.3, 0.4) is 0 Å². The van der Waals surface area contributed by atoms with Crippen LogP contribution in [-0.4, -0.2) is 48.5 Å². The molecule has 0 saturated carbocycles. The van der Waals surface area contributed by atoms with Crippen molar-refractivity contribution in [2.24, 2.45) is 5.92 Å². The number of hydrogen-bond acceptors (Lipinski definition) is 5. The van der Waals surface area contributed by atoms with E-state index in [-0.39, 0.29) is 29.8 Å². The van der Waals surface area contributed by atoms with Gasteiger partial charge in [-0.15, -0.1) is 0 Å². The van der Waals surface area contributed by atoms with Crippen LogP contribution in [0.2, 0.25) is 0 Å². The molecule has 1 aromatic rings. The maximum absolute atomic E-state index is 12.6. The summed E-state index contributed by atoms with van der Waals surface area (Å²) < 4.78 is 26.4. The first-order valence-electron chi connectivity index (χ1n) is 8.54. The molecule has 1 N–H and O–H groups in total. The quantitative estimate of drug-likeness (QED) is 0.819. The predicted molar refractivity (Wildman–Crippen MR) is 93.2 cm³/mol. The van der Waals surface area contributed by atoms with Gasteiger partial charge in [-0.2, -0.15) is 4.31 Å². The summed E-state index contributed by atoms with van der Waals surface area (Å²) in [7, 11) is -3.80. The summed E-state index contributed by atoms with van der Waals surface area (Å²) in [5, 5.41) is 2.68. The average molecular weight is 367 g/mol. The van der Waals surface area contributed by atoms with Crippen LogP contribution in [0.5, 0.6) is 0 Å². The molecule has 2 rings (SSSR count). The highest BCUT2D eigenvalue weighted by molar-refractivity contribution is 7.89. The van der Waals surface area contributed by atoms with Crippen LogP contribution in [0.25, 0.3) is 0 Å². The van der Waals surface area contributed by atoms with E-state index in [1.54, 1.807) is 12.1 Å². The summed E-state index contributed by atoms with van der Waals surface area (Å²) in [4.78, 5) is 28.3. The van der Waals surface area contributed by atoms with Crippen LogP contribution in [0.15, 0.2) is 29.4 Å². The minimum Gasteiger partial charge on any atom is -0.346 e. The lowest BCUT2D eigenvalue weighted by Gasteiger charge is -2.19. The van der Waals surface area contributed by atoms with E-state index in [9.17, 15) is 18.0 Å². The molecule has 2 heterocycles. The van der Waals surface area contributed by atoms with Crippen LogP contribution in [-0.2, 0) is 19.6 Å². The second-order valence-corrected chi connectivity index (χ2v) is 8.55. The lowest BCUT2D eigenvalue weighted by molar-refractivity contribution is -0.127. The van der Waals surface area contributed by atoms with Crippen molar-refractivity contribution in [2.75, 3.05) is 13.1 Å². The highest BCUT2D eigenvalue weighted by atomic mass is 32.2. The van der Waals surface area contributed by atoms with Crippen molar-refractivity contribution in [3.8, 4) is 0 Å². The zero-order valence-corrected chi connectivity index (χ0v) is 15.5. The smallest absolute Gasteiger partial charge is 0.260 e. The van der Waals surface area contributed by atoms with Gasteiger partial charge in [-0.1, -0.05) is 19.9 Å². The third-order valence-electron chi connectivity index (χ3n) is 4.15. The van der Waals surface area contributed by atoms with Gasteiger partial charge in [0.25, 0.3) is 10.0 Å². The van der Waals surface area contributed by atoms with Gasteiger partial charge in [-0.3, -0.25) is 9.59 Å². The first-order valence-corrected chi connectivity index (χ1v) is 9.98. The molecule has 1 amide bonds. The van der Waals surface area contributed by atoms with Crippen molar-refractivity contribution in [2.45, 2.75) is 50.6 Å². The Labute approximate surface area is 148 Å². The number of rotatable bonds is 6. The van der Waals surface area contributed by atoms with Gasteiger partial charge in [-0.25, -0.2) is 13.4 Å². The van der Waals surface area contributed by atoms with E-state index < -0.39 is 16.1 Å². The molecular weight excluding hydrogens is 342 g/mol. The number of aromatic nitrogens is 1. The summed E-state index contributed by atoms with van der Waals surface area (Å²) in [5.74, 6) is -0.0300. The van der Waals surface area contributed by atoms with Gasteiger partial charge in [0.1, 0.15) is 0 Å². The number of pyridine rings is 1. The topological polar surface area (TPSA) is 96.4 Å². The van der Waals surface area contributed by atoms with Crippen LogP contribution in [0.1, 0.15) is 39.5 Å². The monoisotopic (exact) mass is 367 g/mol. The van der Waals surface area contributed by atoms with E-state index in [1.807, 2.05) is 13.8 Å². The Balaban J connectivity index is 2.02. The van der Waals surface area contributed by atoms with Gasteiger partial charge in [-0.05, 0) is 37.3 Å². The van der Waals surface area contributed by atoms with Crippen molar-refractivity contribution in [1.29, 1.82) is 0 Å². The van der Waals surface area contributed by atoms with E-state index >= 15 is 0 Å². The Bertz CT molecular complexity index is 704. The average Bonchev–Trinajstić information content (AvgIpc) is 2.76. The molecule has 1 unspecified atom stereocenters. The van der Waals surface area contributed by atoms with Gasteiger partial charge < -0.3 is 5.32 Å². The number of sulfonamides is 1. The number of nitrogens with zero attached hydrogens (tertiary/aromatic N) is 2. The molecule has 0 aliphatic carbocycles. The fourth-order valence-electron chi connectivity index (χ4n) is 2.67. The second kappa shape index (κ2) is 8.53. The maximum Gasteiger partial charge on any atom is 0.260 e. The Morgan fingerprint density at radius 2 is 2.16 bits per heavy atom. The Morgan fingerprint density at radius 1 is 1.40 bits per heavy atom. The fourth-order valence-corrected chi connectivity index (χ4v) is 4.05. The molecule has 0 aromatic carbocycles. The molecule has 25 heavy (non-hydrogen) atoms. The first-order chi connectivity index (χ1) is 11.8. The molecule has 1 aromatic heterocycles. The normalized spacial score (nSPS) is 19.6. The Morgan fingerprint density at radius 3 is 2.80 bits per heavy atom. The van der Waals surface area contributed by atoms with Crippen molar-refractivity contribution in [3.05, 3.63) is 24.4 Å². The molecule has 1 aliphatic heterocycles. The van der Waals surface area contributed by atoms with Crippen molar-refractivity contribution < 1.29 is 18.0 Å². The third-order valence-corrected chi connectivity index (χ3v) is 5.91. The highest BCUT2D eigenvalue weighted by Gasteiger charge is 2.33. The van der Waals surface area contributed by atoms with Crippen LogP contribution >= 0.6 is 0 Å². The van der Waals surface area contributed by atoms with Gasteiger partial charge in [0, 0.05) is 19.2 Å². The van der Waals surface area contributed by atoms with E-state index in [0.717, 1.165) is 10.7 Å². The molecule has 1 fully saturated rings. The van der Waals surface area contributed by atoms with Crippen molar-refractivity contribution in [1.82, 2.24) is 14.6 Å². The third kappa shape index (κ3) is 5.34. The number of amides is 1. The molecule has 0 bridgehead atoms. The van der Waals surface area contributed by atoms with Crippen LogP contribution < -0.4 is 5.32 Å². The number of Topliss-reactive ketones (excluding diaryl/α,β-unsaturated/α-hetero) is 1. The molecule has 8 heteroatoms. The summed E-state index contributed by atoms with van der Waals surface area (Å²) in [6.07, 6.45) is 3.49. The molecule has 0 spiro atoms. The summed E-state index contributed by atoms with van der Waals surface area (Å²) >= 11 is 0.